The van der Waals surface area contributed by atoms with E-state index in [2.05, 4.69) is 0 Å². The molecule has 0 spiro atoms. The number of carbonyl (C=O) groups excluding carboxylic acids is 3. The van der Waals surface area contributed by atoms with Crippen LogP contribution < -0.4 is 47.9 Å². The summed E-state index contributed by atoms with van der Waals surface area (Å²) in [7, 11) is 0. The second kappa shape index (κ2) is 14.0. The molecule has 1 amide bonds. The normalized spacial score (nSPS) is 8.89. The zero-order valence-corrected chi connectivity index (χ0v) is 11.9. The van der Waals surface area contributed by atoms with Crippen LogP contribution in [0.15, 0.2) is 0 Å². The van der Waals surface area contributed by atoms with Crippen molar-refractivity contribution in [2.45, 2.75) is 39.0 Å². The number of rotatable bonds is 9. The number of carboxylic acids is 2. The van der Waals surface area contributed by atoms with E-state index in [0.29, 0.717) is 6.42 Å². The molecule has 0 saturated heterocycles. The minimum atomic E-state index is -1.40. The van der Waals surface area contributed by atoms with Gasteiger partial charge in [0.1, 0.15) is 0 Å². The molecule has 0 aromatic rings. The fraction of sp³-hybridized carbons (Fsp3) is 0.727. The second-order valence-electron chi connectivity index (χ2n) is 3.77. The summed E-state index contributed by atoms with van der Waals surface area (Å²) in [5, 5.41) is 20.7. The third-order valence-electron chi connectivity index (χ3n) is 2.25. The largest absolute Gasteiger partial charge is 1.00 e. The molecule has 0 bridgehead atoms. The van der Waals surface area contributed by atoms with Gasteiger partial charge in [0.2, 0.25) is 5.91 Å². The molecule has 0 aromatic heterocycles. The topological polar surface area (TPSA) is 101 Å². The maximum absolute atomic E-state index is 11.6. The fourth-order valence-corrected chi connectivity index (χ4v) is 1.36. The summed E-state index contributed by atoms with van der Waals surface area (Å²) in [5.41, 5.74) is 0. The van der Waals surface area contributed by atoms with Crippen LogP contribution in [0.5, 0.6) is 0 Å². The maximum atomic E-state index is 11.6. The molecule has 98 valence electrons. The van der Waals surface area contributed by atoms with E-state index >= 15 is 0 Å². The van der Waals surface area contributed by atoms with Crippen molar-refractivity contribution in [3.63, 3.8) is 0 Å². The minimum absolute atomic E-state index is 0. The van der Waals surface area contributed by atoms with E-state index in [0.717, 1.165) is 17.7 Å². The number of aliphatic carboxylic acids is 2. The van der Waals surface area contributed by atoms with Gasteiger partial charge in [-0.3, -0.25) is 4.79 Å². The third-order valence-corrected chi connectivity index (χ3v) is 2.25. The average Bonchev–Trinajstić information content (AvgIpc) is 2.23. The van der Waals surface area contributed by atoms with Crippen molar-refractivity contribution < 1.29 is 62.3 Å². The number of hydrogen-bond acceptors (Lipinski definition) is 5. The Morgan fingerprint density at radius 1 is 0.947 bits per heavy atom. The van der Waals surface area contributed by atoms with E-state index in [1.54, 1.807) is 0 Å². The Morgan fingerprint density at radius 3 is 1.95 bits per heavy atom. The van der Waals surface area contributed by atoms with Gasteiger partial charge in [-0.15, -0.1) is 0 Å². The SMILES string of the molecule is CCCCCC(=O)N(CCC(=O)[O-])CC(=O)[O-].[Li+].[Li+]. The van der Waals surface area contributed by atoms with Crippen molar-refractivity contribution in [2.24, 2.45) is 0 Å². The Morgan fingerprint density at radius 2 is 1.53 bits per heavy atom. The molecule has 0 aliphatic heterocycles. The Bertz CT molecular complexity index is 286. The summed E-state index contributed by atoms with van der Waals surface area (Å²) in [6.07, 6.45) is 2.36. The van der Waals surface area contributed by atoms with Gasteiger partial charge in [0.05, 0.1) is 12.5 Å². The molecule has 8 heteroatoms. The number of carboxylic acid groups (broad SMARTS) is 2. The smallest absolute Gasteiger partial charge is 0.550 e. The molecule has 0 atom stereocenters. The van der Waals surface area contributed by atoms with Crippen molar-refractivity contribution in [2.75, 3.05) is 13.1 Å². The van der Waals surface area contributed by atoms with E-state index in [1.165, 1.54) is 0 Å². The van der Waals surface area contributed by atoms with Crippen LogP contribution in [0.25, 0.3) is 0 Å². The molecule has 0 aliphatic carbocycles. The Labute approximate surface area is 137 Å². The summed E-state index contributed by atoms with van der Waals surface area (Å²) in [6.45, 7) is 1.26. The van der Waals surface area contributed by atoms with Crippen molar-refractivity contribution in [3.05, 3.63) is 0 Å². The Kier molecular flexibility index (Phi) is 17.5. The summed E-state index contributed by atoms with van der Waals surface area (Å²) >= 11 is 0. The quantitative estimate of drug-likeness (QED) is 0.301. The first-order valence-electron chi connectivity index (χ1n) is 5.64. The van der Waals surface area contributed by atoms with Crippen LogP contribution in [0.2, 0.25) is 0 Å². The summed E-state index contributed by atoms with van der Waals surface area (Å²) in [5.74, 6) is -3.06. The van der Waals surface area contributed by atoms with E-state index in [1.807, 2.05) is 6.92 Å². The summed E-state index contributed by atoms with van der Waals surface area (Å²) < 4.78 is 0. The van der Waals surface area contributed by atoms with Crippen molar-refractivity contribution >= 4 is 17.8 Å². The zero-order chi connectivity index (χ0) is 13.3. The van der Waals surface area contributed by atoms with Gasteiger partial charge in [0.15, 0.2) is 0 Å². The molecule has 0 saturated carbocycles. The van der Waals surface area contributed by atoms with Crippen molar-refractivity contribution in [3.8, 4) is 0 Å². The van der Waals surface area contributed by atoms with Gasteiger partial charge in [0, 0.05) is 25.4 Å². The third kappa shape index (κ3) is 13.8. The van der Waals surface area contributed by atoms with Crippen molar-refractivity contribution in [1.29, 1.82) is 0 Å². The van der Waals surface area contributed by atoms with Gasteiger partial charge < -0.3 is 24.7 Å². The van der Waals surface area contributed by atoms with E-state index < -0.39 is 18.5 Å². The van der Waals surface area contributed by atoms with Gasteiger partial charge in [-0.1, -0.05) is 19.8 Å². The molecule has 0 unspecified atom stereocenters. The van der Waals surface area contributed by atoms with Crippen LogP contribution >= 0.6 is 0 Å². The predicted octanol–water partition coefficient (Wildman–Crippen LogP) is -7.71. The van der Waals surface area contributed by atoms with Gasteiger partial charge in [-0.2, -0.15) is 0 Å². The number of amides is 1. The molecular weight excluding hydrogens is 240 g/mol. The van der Waals surface area contributed by atoms with Crippen molar-refractivity contribution in [1.82, 2.24) is 4.90 Å². The predicted molar refractivity (Wildman–Crippen MR) is 55.4 cm³/mol. The first-order chi connectivity index (χ1) is 7.97. The number of nitrogens with zero attached hydrogens (tertiary/aromatic N) is 1. The maximum Gasteiger partial charge on any atom is 1.00 e. The molecule has 0 radical (unpaired) electrons. The van der Waals surface area contributed by atoms with Gasteiger partial charge in [-0.05, 0) is 6.42 Å². The molecule has 0 aliphatic rings. The monoisotopic (exact) mass is 257 g/mol. The number of carbonyl (C=O) groups is 3. The zero-order valence-electron chi connectivity index (χ0n) is 11.9. The van der Waals surface area contributed by atoms with Crippen LogP contribution in [0.4, 0.5) is 0 Å². The molecule has 19 heavy (non-hydrogen) atoms. The molecule has 0 N–H and O–H groups in total. The van der Waals surface area contributed by atoms with Crippen LogP contribution in [0.3, 0.4) is 0 Å². The Hall–Kier alpha value is -0.395. The Balaban J connectivity index is -0.00000128. The summed E-state index contributed by atoms with van der Waals surface area (Å²) in [6, 6.07) is 0. The minimum Gasteiger partial charge on any atom is -0.550 e. The first-order valence-corrected chi connectivity index (χ1v) is 5.64. The first kappa shape index (κ1) is 23.7. The molecule has 0 heterocycles. The number of hydrogen-bond donors (Lipinski definition) is 0. The van der Waals surface area contributed by atoms with Gasteiger partial charge in [-0.25, -0.2) is 0 Å². The van der Waals surface area contributed by atoms with Crippen LogP contribution in [-0.4, -0.2) is 35.8 Å². The second-order valence-corrected chi connectivity index (χ2v) is 3.77. The number of unbranched alkanes of at least 4 members (excludes halogenated alkanes) is 2. The average molecular weight is 257 g/mol. The molecule has 0 fully saturated rings. The molecule has 6 nitrogen and oxygen atoms in total. The van der Waals surface area contributed by atoms with Crippen LogP contribution in [0, 0.1) is 0 Å². The van der Waals surface area contributed by atoms with Crippen LogP contribution in [0.1, 0.15) is 39.0 Å². The van der Waals surface area contributed by atoms with Gasteiger partial charge >= 0.3 is 37.7 Å². The molecular formula is C11H17Li2NO5. The standard InChI is InChI=1S/C11H19NO5.2Li/c1-2-3-4-5-9(13)12(8-11(16)17)7-6-10(14)15;;/h2-8H2,1H3,(H,14,15)(H,16,17);;/q;2*+1/p-2. The van der Waals surface area contributed by atoms with E-state index in [9.17, 15) is 24.6 Å². The molecule has 0 rings (SSSR count). The van der Waals surface area contributed by atoms with E-state index in [4.69, 9.17) is 0 Å². The summed E-state index contributed by atoms with van der Waals surface area (Å²) in [4.78, 5) is 33.3. The fourth-order valence-electron chi connectivity index (χ4n) is 1.36. The molecule has 0 aromatic carbocycles. The van der Waals surface area contributed by atoms with E-state index in [-0.39, 0.29) is 63.0 Å². The van der Waals surface area contributed by atoms with Crippen LogP contribution in [-0.2, 0) is 14.4 Å². The van der Waals surface area contributed by atoms with Gasteiger partial charge in [0.25, 0.3) is 0 Å².